The van der Waals surface area contributed by atoms with Crippen molar-refractivity contribution in [3.05, 3.63) is 65.8 Å². The molecule has 0 spiro atoms. The fourth-order valence-electron chi connectivity index (χ4n) is 2.41. The number of carbonyl (C=O) groups is 2. The molecular weight excluding hydrogens is 252 g/mol. The average Bonchev–Trinajstić information content (AvgIpc) is 2.45. The minimum atomic E-state index is -0.250. The molecule has 3 rings (SSSR count). The van der Waals surface area contributed by atoms with E-state index in [1.165, 1.54) is 0 Å². The lowest BCUT2D eigenvalue weighted by molar-refractivity contribution is -0.122. The monoisotopic (exact) mass is 266 g/mol. The van der Waals surface area contributed by atoms with Crippen molar-refractivity contribution in [2.75, 3.05) is 0 Å². The minimum absolute atomic E-state index is 0.134. The highest BCUT2D eigenvalue weighted by molar-refractivity contribution is 6.22. The van der Waals surface area contributed by atoms with Crippen LogP contribution in [0.25, 0.3) is 16.8 Å². The number of hydrogen-bond acceptors (Lipinski definition) is 2. The second-order valence-electron chi connectivity index (χ2n) is 4.35. The summed E-state index contributed by atoms with van der Waals surface area (Å²) < 4.78 is 0. The van der Waals surface area contributed by atoms with Crippen LogP contribution in [0.3, 0.4) is 0 Å². The summed E-state index contributed by atoms with van der Waals surface area (Å²) in [5.41, 5.74) is 2.78. The van der Waals surface area contributed by atoms with Gasteiger partial charge in [0.05, 0.1) is 0 Å². The normalized spacial score (nSPS) is 12.2. The Labute approximate surface area is 116 Å². The Balaban J connectivity index is 0.000000452. The molecule has 0 radical (unpaired) electrons. The van der Waals surface area contributed by atoms with Crippen LogP contribution in [0, 0.1) is 0 Å². The largest absolute Gasteiger partial charge is 0.483 e. The third-order valence-electron chi connectivity index (χ3n) is 3.17. The molecule has 0 bridgehead atoms. The third kappa shape index (κ3) is 2.38. The highest BCUT2D eigenvalue weighted by atomic mass is 16.3. The maximum atomic E-state index is 12.3. The summed E-state index contributed by atoms with van der Waals surface area (Å²) in [4.78, 5) is 20.6. The fraction of sp³-hybridized carbons (Fsp3) is 0.0588. The van der Waals surface area contributed by atoms with Crippen molar-refractivity contribution < 1.29 is 14.7 Å². The van der Waals surface area contributed by atoms with Gasteiger partial charge in [0, 0.05) is 16.5 Å². The van der Waals surface area contributed by atoms with Gasteiger partial charge in [0.15, 0.2) is 5.78 Å². The van der Waals surface area contributed by atoms with Gasteiger partial charge in [-0.1, -0.05) is 42.5 Å². The smallest absolute Gasteiger partial charge is 0.290 e. The lowest BCUT2D eigenvalue weighted by Gasteiger charge is -2.15. The molecular formula is C17H14O3. The van der Waals surface area contributed by atoms with Crippen LogP contribution < -0.4 is 0 Å². The molecule has 0 amide bonds. The molecule has 0 heterocycles. The molecule has 2 aromatic rings. The molecule has 1 aliphatic carbocycles. The van der Waals surface area contributed by atoms with Gasteiger partial charge in [-0.25, -0.2) is 0 Å². The van der Waals surface area contributed by atoms with Crippen molar-refractivity contribution in [3.8, 4) is 0 Å². The Morgan fingerprint density at radius 3 is 2.45 bits per heavy atom. The number of ketones is 1. The highest BCUT2D eigenvalue weighted by Gasteiger charge is 2.20. The quantitative estimate of drug-likeness (QED) is 0.666. The Morgan fingerprint density at radius 1 is 1.15 bits per heavy atom. The Morgan fingerprint density at radius 2 is 1.80 bits per heavy atom. The summed E-state index contributed by atoms with van der Waals surface area (Å²) in [6.07, 6.45) is 4.39. The first-order chi connectivity index (χ1) is 9.72. The molecule has 1 N–H and O–H groups in total. The van der Waals surface area contributed by atoms with E-state index in [0.717, 1.165) is 27.5 Å². The molecule has 1 aliphatic rings. The van der Waals surface area contributed by atoms with Crippen LogP contribution in [-0.2, 0) is 4.79 Å². The van der Waals surface area contributed by atoms with E-state index in [1.807, 2.05) is 36.4 Å². The number of rotatable bonds is 2. The first-order valence-corrected chi connectivity index (χ1v) is 6.18. The summed E-state index contributed by atoms with van der Waals surface area (Å²) in [5, 5.41) is 9.09. The van der Waals surface area contributed by atoms with Gasteiger partial charge in [-0.3, -0.25) is 9.59 Å². The number of allylic oxidation sites excluding steroid dienone is 2. The van der Waals surface area contributed by atoms with Gasteiger partial charge in [0.25, 0.3) is 6.47 Å². The van der Waals surface area contributed by atoms with Crippen LogP contribution in [0.15, 0.2) is 54.6 Å². The van der Waals surface area contributed by atoms with Gasteiger partial charge in [-0.05, 0) is 23.4 Å². The van der Waals surface area contributed by atoms with E-state index in [0.29, 0.717) is 6.42 Å². The molecule has 2 aromatic carbocycles. The SMILES string of the molecule is C=CCC1=Cc2cccc3cccc(c23)C1=O.O=CO. The van der Waals surface area contributed by atoms with Gasteiger partial charge in [-0.2, -0.15) is 0 Å². The van der Waals surface area contributed by atoms with E-state index >= 15 is 0 Å². The summed E-state index contributed by atoms with van der Waals surface area (Å²) in [6.45, 7) is 3.45. The van der Waals surface area contributed by atoms with Gasteiger partial charge in [0.1, 0.15) is 0 Å². The van der Waals surface area contributed by atoms with E-state index in [1.54, 1.807) is 6.08 Å². The van der Waals surface area contributed by atoms with Crippen molar-refractivity contribution in [2.24, 2.45) is 0 Å². The third-order valence-corrected chi connectivity index (χ3v) is 3.17. The lowest BCUT2D eigenvalue weighted by Crippen LogP contribution is -2.08. The fourth-order valence-corrected chi connectivity index (χ4v) is 2.41. The zero-order chi connectivity index (χ0) is 14.5. The Kier molecular flexibility index (Phi) is 4.11. The van der Waals surface area contributed by atoms with Crippen LogP contribution in [0.2, 0.25) is 0 Å². The lowest BCUT2D eigenvalue weighted by atomic mass is 9.87. The standard InChI is InChI=1S/C16H12O.CH2O2/c1-2-5-13-10-12-8-3-6-11-7-4-9-14(15(11)12)16(13)17;2-1-3/h2-4,6-10H,1,5H2;1H,(H,2,3). The molecule has 100 valence electrons. The van der Waals surface area contributed by atoms with Crippen LogP contribution in [0.4, 0.5) is 0 Å². The number of Topliss-reactive ketones (excluding diaryl/α,β-unsaturated/α-hetero) is 1. The van der Waals surface area contributed by atoms with Crippen molar-refractivity contribution in [1.29, 1.82) is 0 Å². The Hall–Kier alpha value is -2.68. The molecule has 0 aliphatic heterocycles. The van der Waals surface area contributed by atoms with E-state index in [2.05, 4.69) is 12.6 Å². The summed E-state index contributed by atoms with van der Waals surface area (Å²) in [5.74, 6) is 0.134. The van der Waals surface area contributed by atoms with Gasteiger partial charge >= 0.3 is 0 Å². The zero-order valence-corrected chi connectivity index (χ0v) is 10.9. The maximum Gasteiger partial charge on any atom is 0.290 e. The molecule has 0 aromatic heterocycles. The molecule has 0 atom stereocenters. The Bertz CT molecular complexity index is 706. The molecule has 0 unspecified atom stereocenters. The molecule has 0 fully saturated rings. The van der Waals surface area contributed by atoms with Crippen molar-refractivity contribution >= 4 is 29.1 Å². The van der Waals surface area contributed by atoms with E-state index in [9.17, 15) is 4.79 Å². The molecule has 20 heavy (non-hydrogen) atoms. The molecule has 0 saturated carbocycles. The van der Waals surface area contributed by atoms with E-state index in [-0.39, 0.29) is 12.3 Å². The van der Waals surface area contributed by atoms with Gasteiger partial charge in [-0.15, -0.1) is 6.58 Å². The van der Waals surface area contributed by atoms with Crippen molar-refractivity contribution in [3.63, 3.8) is 0 Å². The van der Waals surface area contributed by atoms with Crippen LogP contribution >= 0.6 is 0 Å². The number of carbonyl (C=O) groups excluding carboxylic acids is 1. The predicted octanol–water partition coefficient (Wildman–Crippen LogP) is 3.70. The van der Waals surface area contributed by atoms with Crippen molar-refractivity contribution in [1.82, 2.24) is 0 Å². The summed E-state index contributed by atoms with van der Waals surface area (Å²) in [6, 6.07) is 12.0. The molecule has 3 nitrogen and oxygen atoms in total. The van der Waals surface area contributed by atoms with Crippen molar-refractivity contribution in [2.45, 2.75) is 6.42 Å². The first kappa shape index (κ1) is 13.7. The van der Waals surface area contributed by atoms with Gasteiger partial charge < -0.3 is 5.11 Å². The minimum Gasteiger partial charge on any atom is -0.483 e. The number of carboxylic acid groups (broad SMARTS) is 1. The summed E-state index contributed by atoms with van der Waals surface area (Å²) in [7, 11) is 0. The van der Waals surface area contributed by atoms with Crippen LogP contribution in [-0.4, -0.2) is 17.4 Å². The average molecular weight is 266 g/mol. The first-order valence-electron chi connectivity index (χ1n) is 6.18. The predicted molar refractivity (Wildman–Crippen MR) is 79.8 cm³/mol. The number of benzene rings is 2. The second-order valence-corrected chi connectivity index (χ2v) is 4.35. The zero-order valence-electron chi connectivity index (χ0n) is 10.9. The summed E-state index contributed by atoms with van der Waals surface area (Å²) >= 11 is 0. The topological polar surface area (TPSA) is 54.4 Å². The highest BCUT2D eigenvalue weighted by Crippen LogP contribution is 2.32. The maximum absolute atomic E-state index is 12.3. The van der Waals surface area contributed by atoms with E-state index < -0.39 is 0 Å². The molecule has 3 heteroatoms. The second kappa shape index (κ2) is 5.97. The number of hydrogen-bond donors (Lipinski definition) is 1. The van der Waals surface area contributed by atoms with Crippen LogP contribution in [0.1, 0.15) is 22.3 Å². The van der Waals surface area contributed by atoms with E-state index in [4.69, 9.17) is 9.90 Å². The molecule has 0 saturated heterocycles. The van der Waals surface area contributed by atoms with Gasteiger partial charge in [0.2, 0.25) is 0 Å². The van der Waals surface area contributed by atoms with Crippen LogP contribution in [0.5, 0.6) is 0 Å².